The van der Waals surface area contributed by atoms with E-state index in [4.69, 9.17) is 9.84 Å². The first-order valence-electron chi connectivity index (χ1n) is 4.73. The molecule has 0 saturated carbocycles. The number of aliphatic hydroxyl groups is 1. The van der Waals surface area contributed by atoms with Crippen molar-refractivity contribution in [3.8, 4) is 0 Å². The van der Waals surface area contributed by atoms with Gasteiger partial charge in [-0.25, -0.2) is 0 Å². The van der Waals surface area contributed by atoms with E-state index >= 15 is 0 Å². The molecular weight excluding hydrogens is 170 g/mol. The standard InChI is InChI=1S/C9H17NO3/c1-7(2-4-11)10-9(12)8-3-5-13-6-8/h7-8,11H,2-6H2,1H3,(H,10,12). The van der Waals surface area contributed by atoms with Gasteiger partial charge >= 0.3 is 0 Å². The molecule has 1 saturated heterocycles. The fourth-order valence-corrected chi connectivity index (χ4v) is 1.37. The Kier molecular flexibility index (Phi) is 4.18. The first-order valence-corrected chi connectivity index (χ1v) is 4.73. The van der Waals surface area contributed by atoms with Crippen molar-refractivity contribution in [1.82, 2.24) is 5.32 Å². The molecule has 4 nitrogen and oxygen atoms in total. The number of amides is 1. The van der Waals surface area contributed by atoms with Gasteiger partial charge in [-0.3, -0.25) is 4.79 Å². The molecule has 1 rings (SSSR count). The SMILES string of the molecule is CC(CCO)NC(=O)C1CCOC1. The minimum absolute atomic E-state index is 0.0149. The maximum Gasteiger partial charge on any atom is 0.225 e. The van der Waals surface area contributed by atoms with E-state index in [1.54, 1.807) is 0 Å². The van der Waals surface area contributed by atoms with Crippen LogP contribution in [0.2, 0.25) is 0 Å². The Morgan fingerprint density at radius 3 is 3.08 bits per heavy atom. The van der Waals surface area contributed by atoms with Gasteiger partial charge in [-0.1, -0.05) is 0 Å². The summed E-state index contributed by atoms with van der Waals surface area (Å²) in [5.41, 5.74) is 0. The molecule has 1 heterocycles. The maximum atomic E-state index is 11.5. The van der Waals surface area contributed by atoms with Crippen LogP contribution in [-0.2, 0) is 9.53 Å². The lowest BCUT2D eigenvalue weighted by Gasteiger charge is -2.14. The predicted molar refractivity (Wildman–Crippen MR) is 48.2 cm³/mol. The molecule has 0 spiro atoms. The van der Waals surface area contributed by atoms with Crippen molar-refractivity contribution in [2.45, 2.75) is 25.8 Å². The summed E-state index contributed by atoms with van der Waals surface area (Å²) in [5, 5.41) is 11.5. The molecule has 0 bridgehead atoms. The van der Waals surface area contributed by atoms with Crippen LogP contribution in [0.15, 0.2) is 0 Å². The van der Waals surface area contributed by atoms with Crippen molar-refractivity contribution in [3.05, 3.63) is 0 Å². The van der Waals surface area contributed by atoms with Crippen LogP contribution < -0.4 is 5.32 Å². The fourth-order valence-electron chi connectivity index (χ4n) is 1.37. The average Bonchev–Trinajstić information content (AvgIpc) is 2.55. The molecule has 2 N–H and O–H groups in total. The monoisotopic (exact) mass is 187 g/mol. The maximum absolute atomic E-state index is 11.5. The van der Waals surface area contributed by atoms with Crippen LogP contribution in [0, 0.1) is 5.92 Å². The summed E-state index contributed by atoms with van der Waals surface area (Å²) in [4.78, 5) is 11.5. The number of carbonyl (C=O) groups is 1. The molecule has 1 aliphatic heterocycles. The highest BCUT2D eigenvalue weighted by molar-refractivity contribution is 5.79. The van der Waals surface area contributed by atoms with Gasteiger partial charge in [0.2, 0.25) is 5.91 Å². The summed E-state index contributed by atoms with van der Waals surface area (Å²) in [6.07, 6.45) is 1.43. The first kappa shape index (κ1) is 10.5. The third-order valence-corrected chi connectivity index (χ3v) is 2.25. The third kappa shape index (κ3) is 3.32. The number of aliphatic hydroxyl groups excluding tert-OH is 1. The summed E-state index contributed by atoms with van der Waals surface area (Å²) in [6, 6.07) is 0.0538. The second kappa shape index (κ2) is 5.19. The smallest absolute Gasteiger partial charge is 0.225 e. The minimum Gasteiger partial charge on any atom is -0.396 e. The lowest BCUT2D eigenvalue weighted by Crippen LogP contribution is -2.37. The van der Waals surface area contributed by atoms with E-state index in [9.17, 15) is 4.79 Å². The van der Waals surface area contributed by atoms with E-state index in [1.165, 1.54) is 0 Å². The van der Waals surface area contributed by atoms with E-state index in [0.29, 0.717) is 19.6 Å². The number of carbonyl (C=O) groups excluding carboxylic acids is 1. The van der Waals surface area contributed by atoms with Gasteiger partial charge in [-0.05, 0) is 19.8 Å². The van der Waals surface area contributed by atoms with Crippen LogP contribution in [0.4, 0.5) is 0 Å². The molecule has 0 radical (unpaired) electrons. The summed E-state index contributed by atoms with van der Waals surface area (Å²) < 4.78 is 5.11. The van der Waals surface area contributed by atoms with Crippen molar-refractivity contribution >= 4 is 5.91 Å². The van der Waals surface area contributed by atoms with Gasteiger partial charge in [-0.2, -0.15) is 0 Å². The fraction of sp³-hybridized carbons (Fsp3) is 0.889. The molecule has 76 valence electrons. The van der Waals surface area contributed by atoms with Gasteiger partial charge in [0.25, 0.3) is 0 Å². The minimum atomic E-state index is 0.0149. The van der Waals surface area contributed by atoms with Gasteiger partial charge in [-0.15, -0.1) is 0 Å². The van der Waals surface area contributed by atoms with Crippen LogP contribution in [0.1, 0.15) is 19.8 Å². The summed E-state index contributed by atoms with van der Waals surface area (Å²) >= 11 is 0. The number of ether oxygens (including phenoxy) is 1. The Bertz CT molecular complexity index is 166. The average molecular weight is 187 g/mol. The Labute approximate surface area is 78.3 Å². The molecule has 1 amide bonds. The van der Waals surface area contributed by atoms with Crippen LogP contribution in [0.3, 0.4) is 0 Å². The molecule has 2 atom stereocenters. The van der Waals surface area contributed by atoms with E-state index in [2.05, 4.69) is 5.32 Å². The van der Waals surface area contributed by atoms with Crippen LogP contribution in [0.5, 0.6) is 0 Å². The number of hydrogen-bond acceptors (Lipinski definition) is 3. The molecule has 0 aromatic rings. The molecule has 0 aromatic carbocycles. The molecule has 1 fully saturated rings. The zero-order valence-corrected chi connectivity index (χ0v) is 7.95. The Hall–Kier alpha value is -0.610. The molecule has 2 unspecified atom stereocenters. The second-order valence-corrected chi connectivity index (χ2v) is 3.48. The Morgan fingerprint density at radius 1 is 1.77 bits per heavy atom. The van der Waals surface area contributed by atoms with Crippen molar-refractivity contribution in [1.29, 1.82) is 0 Å². The van der Waals surface area contributed by atoms with E-state index in [0.717, 1.165) is 6.42 Å². The molecule has 4 heteroatoms. The number of rotatable bonds is 4. The molecule has 0 aromatic heterocycles. The van der Waals surface area contributed by atoms with Gasteiger partial charge in [0.05, 0.1) is 12.5 Å². The van der Waals surface area contributed by atoms with Crippen molar-refractivity contribution in [2.24, 2.45) is 5.92 Å². The highest BCUT2D eigenvalue weighted by Gasteiger charge is 2.23. The molecule has 13 heavy (non-hydrogen) atoms. The van der Waals surface area contributed by atoms with Crippen LogP contribution in [-0.4, -0.2) is 36.9 Å². The Morgan fingerprint density at radius 2 is 2.54 bits per heavy atom. The van der Waals surface area contributed by atoms with Crippen molar-refractivity contribution in [2.75, 3.05) is 19.8 Å². The van der Waals surface area contributed by atoms with E-state index < -0.39 is 0 Å². The normalized spacial score (nSPS) is 24.3. The van der Waals surface area contributed by atoms with Crippen LogP contribution >= 0.6 is 0 Å². The van der Waals surface area contributed by atoms with Gasteiger partial charge < -0.3 is 15.2 Å². The first-order chi connectivity index (χ1) is 6.24. The van der Waals surface area contributed by atoms with E-state index in [-0.39, 0.29) is 24.5 Å². The lowest BCUT2D eigenvalue weighted by atomic mass is 10.1. The largest absolute Gasteiger partial charge is 0.396 e. The lowest BCUT2D eigenvalue weighted by molar-refractivity contribution is -0.125. The highest BCUT2D eigenvalue weighted by Crippen LogP contribution is 2.12. The molecule has 1 aliphatic rings. The predicted octanol–water partition coefficient (Wildman–Crippen LogP) is -0.0900. The molecule has 0 aliphatic carbocycles. The zero-order chi connectivity index (χ0) is 9.68. The third-order valence-electron chi connectivity index (χ3n) is 2.25. The second-order valence-electron chi connectivity index (χ2n) is 3.48. The van der Waals surface area contributed by atoms with Gasteiger partial charge in [0.1, 0.15) is 0 Å². The molecular formula is C9H17NO3. The van der Waals surface area contributed by atoms with Gasteiger partial charge in [0.15, 0.2) is 0 Å². The van der Waals surface area contributed by atoms with Crippen LogP contribution in [0.25, 0.3) is 0 Å². The number of hydrogen-bond donors (Lipinski definition) is 2. The summed E-state index contributed by atoms with van der Waals surface area (Å²) in [6.45, 7) is 3.23. The number of nitrogens with one attached hydrogen (secondary N) is 1. The Balaban J connectivity index is 2.23. The van der Waals surface area contributed by atoms with E-state index in [1.807, 2.05) is 6.92 Å². The highest BCUT2D eigenvalue weighted by atomic mass is 16.5. The van der Waals surface area contributed by atoms with Crippen molar-refractivity contribution < 1.29 is 14.6 Å². The zero-order valence-electron chi connectivity index (χ0n) is 7.95. The van der Waals surface area contributed by atoms with Crippen molar-refractivity contribution in [3.63, 3.8) is 0 Å². The quantitative estimate of drug-likeness (QED) is 0.646. The summed E-state index contributed by atoms with van der Waals surface area (Å²) in [5.74, 6) is 0.0691. The topological polar surface area (TPSA) is 58.6 Å². The summed E-state index contributed by atoms with van der Waals surface area (Å²) in [7, 11) is 0. The van der Waals surface area contributed by atoms with Gasteiger partial charge in [0, 0.05) is 19.3 Å².